The van der Waals surface area contributed by atoms with E-state index < -0.39 is 11.6 Å². The van der Waals surface area contributed by atoms with Gasteiger partial charge in [-0.1, -0.05) is 54.6 Å². The number of carbonyl (C=O) groups is 1. The van der Waals surface area contributed by atoms with Crippen LogP contribution in [0.1, 0.15) is 18.1 Å². The molecule has 0 N–H and O–H groups in total. The van der Waals surface area contributed by atoms with Crippen molar-refractivity contribution in [3.63, 3.8) is 0 Å². The molecule has 29 heavy (non-hydrogen) atoms. The molecule has 4 nitrogen and oxygen atoms in total. The fraction of sp³-hybridized carbons (Fsp3) is 0.240. The molecule has 0 fully saturated rings. The van der Waals surface area contributed by atoms with Gasteiger partial charge in [0.05, 0.1) is 0 Å². The number of nitrogens with zero attached hydrogens (tertiary/aromatic N) is 2. The van der Waals surface area contributed by atoms with Gasteiger partial charge in [-0.25, -0.2) is 0 Å². The average molecular weight is 384 g/mol. The number of para-hydroxylation sites is 1. The molecule has 2 atom stereocenters. The van der Waals surface area contributed by atoms with Crippen LogP contribution in [0.2, 0.25) is 0 Å². The maximum Gasteiger partial charge on any atom is 0.246 e. The average Bonchev–Trinajstić information content (AvgIpc) is 3.17. The largest absolute Gasteiger partial charge is 0.360 e. The van der Waals surface area contributed by atoms with E-state index in [9.17, 15) is 4.79 Å². The third-order valence-electron chi connectivity index (χ3n) is 6.37. The first kappa shape index (κ1) is 18.0. The fourth-order valence-corrected chi connectivity index (χ4v) is 5.15. The minimum atomic E-state index is -0.865. The van der Waals surface area contributed by atoms with Gasteiger partial charge in [-0.15, -0.1) is 0 Å². The van der Waals surface area contributed by atoms with Gasteiger partial charge in [-0.2, -0.15) is 0 Å². The first-order valence-corrected chi connectivity index (χ1v) is 10.0. The highest BCUT2D eigenvalue weighted by Gasteiger charge is 2.62. The molecule has 3 aromatic carbocycles. The second-order valence-electron chi connectivity index (χ2n) is 7.67. The summed E-state index contributed by atoms with van der Waals surface area (Å²) in [6.07, 6.45) is -0.395. The number of anilines is 2. The minimum Gasteiger partial charge on any atom is -0.360 e. The van der Waals surface area contributed by atoms with Crippen molar-refractivity contribution in [2.24, 2.45) is 0 Å². The van der Waals surface area contributed by atoms with Crippen LogP contribution in [0.3, 0.4) is 0 Å². The summed E-state index contributed by atoms with van der Waals surface area (Å²) in [5, 5.41) is 0. The van der Waals surface area contributed by atoms with E-state index in [1.807, 2.05) is 55.3 Å². The summed E-state index contributed by atoms with van der Waals surface area (Å²) in [5.41, 5.74) is 5.44. The molecule has 2 aliphatic rings. The molecule has 0 saturated heterocycles. The molecule has 1 spiro atoms. The molecule has 4 heteroatoms. The van der Waals surface area contributed by atoms with Crippen molar-refractivity contribution in [2.75, 3.05) is 30.5 Å². The van der Waals surface area contributed by atoms with Gasteiger partial charge >= 0.3 is 0 Å². The number of fused-ring (bicyclic) bond motifs is 4. The Labute approximate surface area is 171 Å². The van der Waals surface area contributed by atoms with E-state index in [2.05, 4.69) is 41.3 Å². The van der Waals surface area contributed by atoms with Gasteiger partial charge in [0.1, 0.15) is 5.41 Å². The molecule has 0 aliphatic carbocycles. The van der Waals surface area contributed by atoms with E-state index in [0.717, 1.165) is 33.6 Å². The Morgan fingerprint density at radius 2 is 1.62 bits per heavy atom. The van der Waals surface area contributed by atoms with E-state index in [1.165, 1.54) is 0 Å². The predicted octanol–water partition coefficient (Wildman–Crippen LogP) is 4.43. The monoisotopic (exact) mass is 384 g/mol. The quantitative estimate of drug-likeness (QED) is 0.670. The number of hydrogen-bond acceptors (Lipinski definition) is 3. The predicted molar refractivity (Wildman–Crippen MR) is 116 cm³/mol. The van der Waals surface area contributed by atoms with Crippen LogP contribution in [-0.4, -0.2) is 32.8 Å². The molecule has 0 radical (unpaired) electrons. The van der Waals surface area contributed by atoms with Crippen LogP contribution >= 0.6 is 0 Å². The number of methoxy groups -OCH3 is 1. The fourth-order valence-electron chi connectivity index (χ4n) is 5.15. The van der Waals surface area contributed by atoms with Gasteiger partial charge in [-0.05, 0) is 36.2 Å². The van der Waals surface area contributed by atoms with E-state index >= 15 is 0 Å². The summed E-state index contributed by atoms with van der Waals surface area (Å²) < 4.78 is 5.99. The van der Waals surface area contributed by atoms with Crippen LogP contribution < -0.4 is 9.80 Å². The summed E-state index contributed by atoms with van der Waals surface area (Å²) in [6, 6.07) is 24.8. The summed E-state index contributed by atoms with van der Waals surface area (Å²) in [7, 11) is 3.70. The lowest BCUT2D eigenvalue weighted by Crippen LogP contribution is -2.52. The van der Waals surface area contributed by atoms with Gasteiger partial charge < -0.3 is 14.5 Å². The highest BCUT2D eigenvalue weighted by Crippen LogP contribution is 2.56. The van der Waals surface area contributed by atoms with Gasteiger partial charge in [0.2, 0.25) is 5.91 Å². The number of likely N-dealkylation sites (N-methyl/N-ethyl adjacent to an activating group) is 2. The van der Waals surface area contributed by atoms with E-state index in [4.69, 9.17) is 4.74 Å². The Morgan fingerprint density at radius 1 is 0.897 bits per heavy atom. The van der Waals surface area contributed by atoms with Crippen molar-refractivity contribution >= 4 is 17.3 Å². The third kappa shape index (κ3) is 2.21. The van der Waals surface area contributed by atoms with Crippen LogP contribution in [0, 0.1) is 0 Å². The molecule has 1 unspecified atom stereocenters. The zero-order valence-electron chi connectivity index (χ0n) is 16.9. The maximum atomic E-state index is 14.0. The Hall–Kier alpha value is -3.11. The molecule has 5 rings (SSSR count). The van der Waals surface area contributed by atoms with Crippen molar-refractivity contribution in [3.05, 3.63) is 83.9 Å². The topological polar surface area (TPSA) is 32.8 Å². The Bertz CT molecular complexity index is 1090. The first-order chi connectivity index (χ1) is 14.1. The molecule has 1 amide bonds. The van der Waals surface area contributed by atoms with E-state index in [-0.39, 0.29) is 5.91 Å². The zero-order chi connectivity index (χ0) is 20.2. The molecule has 146 valence electrons. The van der Waals surface area contributed by atoms with Crippen molar-refractivity contribution in [1.82, 2.24) is 0 Å². The van der Waals surface area contributed by atoms with Crippen molar-refractivity contribution in [3.8, 4) is 11.1 Å². The van der Waals surface area contributed by atoms with Crippen LogP contribution in [0.25, 0.3) is 11.1 Å². The van der Waals surface area contributed by atoms with Crippen LogP contribution in [0.15, 0.2) is 72.8 Å². The standard InChI is InChI=1S/C25H24N2O2/c1-4-27-22-13-9-8-12-19(22)25(23(27)28)20-16-18(17-10-6-5-7-11-17)14-15-21(20)26(2)24(25)29-3/h5-16,24H,4H2,1-3H3/t24-,25?/m1/s1. The van der Waals surface area contributed by atoms with Crippen molar-refractivity contribution in [1.29, 1.82) is 0 Å². The van der Waals surface area contributed by atoms with Crippen LogP contribution in [0.4, 0.5) is 11.4 Å². The lowest BCUT2D eigenvalue weighted by Gasteiger charge is -2.33. The minimum absolute atomic E-state index is 0.0869. The van der Waals surface area contributed by atoms with Gasteiger partial charge in [0.15, 0.2) is 6.23 Å². The van der Waals surface area contributed by atoms with Gasteiger partial charge in [-0.3, -0.25) is 4.79 Å². The highest BCUT2D eigenvalue weighted by atomic mass is 16.5. The lowest BCUT2D eigenvalue weighted by molar-refractivity contribution is -0.125. The van der Waals surface area contributed by atoms with Crippen LogP contribution in [0.5, 0.6) is 0 Å². The number of rotatable bonds is 3. The molecule has 3 aromatic rings. The Morgan fingerprint density at radius 3 is 2.34 bits per heavy atom. The summed E-state index contributed by atoms with van der Waals surface area (Å²) in [5.74, 6) is 0.0869. The molecular formula is C25H24N2O2. The number of carbonyl (C=O) groups excluding carboxylic acids is 1. The SMILES string of the molecule is CCN1C(=O)C2(c3ccccc31)c1cc(-c3ccccc3)ccc1N(C)[C@@H]2OC. The van der Waals surface area contributed by atoms with E-state index in [0.29, 0.717) is 6.54 Å². The Balaban J connectivity index is 1.82. The smallest absolute Gasteiger partial charge is 0.246 e. The molecule has 0 aromatic heterocycles. The number of benzene rings is 3. The molecule has 2 heterocycles. The summed E-state index contributed by atoms with van der Waals surface area (Å²) >= 11 is 0. The Kier molecular flexibility index (Phi) is 4.00. The lowest BCUT2D eigenvalue weighted by atomic mass is 9.75. The van der Waals surface area contributed by atoms with Crippen LogP contribution in [-0.2, 0) is 14.9 Å². The van der Waals surface area contributed by atoms with Crippen molar-refractivity contribution in [2.45, 2.75) is 18.6 Å². The molecule has 2 aliphatic heterocycles. The normalized spacial score (nSPS) is 22.3. The highest BCUT2D eigenvalue weighted by molar-refractivity contribution is 6.13. The second-order valence-corrected chi connectivity index (χ2v) is 7.67. The summed E-state index contributed by atoms with van der Waals surface area (Å²) in [6.45, 7) is 2.65. The van der Waals surface area contributed by atoms with Gasteiger partial charge in [0.25, 0.3) is 0 Å². The second kappa shape index (κ2) is 6.46. The van der Waals surface area contributed by atoms with Crippen molar-refractivity contribution < 1.29 is 9.53 Å². The zero-order valence-corrected chi connectivity index (χ0v) is 16.9. The summed E-state index contributed by atoms with van der Waals surface area (Å²) in [4.78, 5) is 17.9. The maximum absolute atomic E-state index is 14.0. The molecule has 0 bridgehead atoms. The van der Waals surface area contributed by atoms with E-state index in [1.54, 1.807) is 7.11 Å². The number of amides is 1. The molecular weight excluding hydrogens is 360 g/mol. The third-order valence-corrected chi connectivity index (χ3v) is 6.37. The number of ether oxygens (including phenoxy) is 1. The number of hydrogen-bond donors (Lipinski definition) is 0. The molecule has 0 saturated carbocycles. The first-order valence-electron chi connectivity index (χ1n) is 10.0. The van der Waals surface area contributed by atoms with Gasteiger partial charge in [0, 0.05) is 43.2 Å².